The molecule has 1 amide bonds. The first-order valence-electron chi connectivity index (χ1n) is 7.91. The number of aromatic amines is 1. The normalized spacial score (nSPS) is 16.9. The maximum atomic E-state index is 13.8. The summed E-state index contributed by atoms with van der Waals surface area (Å²) in [5.74, 6) is -0.580. The zero-order valence-electron chi connectivity index (χ0n) is 13.6. The molecular weight excluding hydrogens is 309 g/mol. The predicted molar refractivity (Wildman–Crippen MR) is 87.0 cm³/mol. The fraction of sp³-hybridized carbons (Fsp3) is 0.333. The fourth-order valence-corrected chi connectivity index (χ4v) is 3.47. The second-order valence-electron chi connectivity index (χ2n) is 7.13. The van der Waals surface area contributed by atoms with Gasteiger partial charge in [-0.05, 0) is 30.0 Å². The molecule has 0 bridgehead atoms. The van der Waals surface area contributed by atoms with Crippen LogP contribution in [0.4, 0.5) is 4.39 Å². The summed E-state index contributed by atoms with van der Waals surface area (Å²) in [5.41, 5.74) is 2.60. The van der Waals surface area contributed by atoms with Crippen LogP contribution in [0.2, 0.25) is 0 Å². The zero-order chi connectivity index (χ0) is 16.9. The van der Waals surface area contributed by atoms with Gasteiger partial charge in [0.25, 0.3) is 5.91 Å². The molecular formula is C18H18FN3O2. The first kappa shape index (κ1) is 14.9. The highest BCUT2D eigenvalue weighted by Gasteiger charge is 2.32. The molecule has 1 aliphatic rings. The second kappa shape index (κ2) is 5.19. The zero-order valence-corrected chi connectivity index (χ0v) is 13.6. The van der Waals surface area contributed by atoms with E-state index in [1.165, 1.54) is 18.4 Å². The Bertz CT molecular complexity index is 925. The van der Waals surface area contributed by atoms with E-state index in [9.17, 15) is 9.18 Å². The summed E-state index contributed by atoms with van der Waals surface area (Å²) in [4.78, 5) is 14.9. The van der Waals surface area contributed by atoms with E-state index in [4.69, 9.17) is 4.42 Å². The van der Waals surface area contributed by atoms with E-state index in [2.05, 4.69) is 24.0 Å². The summed E-state index contributed by atoms with van der Waals surface area (Å²) in [7, 11) is 0. The van der Waals surface area contributed by atoms with Gasteiger partial charge < -0.3 is 9.32 Å². The van der Waals surface area contributed by atoms with Gasteiger partial charge in [-0.3, -0.25) is 9.89 Å². The summed E-state index contributed by atoms with van der Waals surface area (Å²) in [6.45, 7) is 5.36. The van der Waals surface area contributed by atoms with Crippen molar-refractivity contribution in [1.29, 1.82) is 0 Å². The minimum absolute atomic E-state index is 0.0804. The number of hydrogen-bond donors (Lipinski definition) is 1. The second-order valence-corrected chi connectivity index (χ2v) is 7.13. The van der Waals surface area contributed by atoms with E-state index in [1.807, 2.05) is 0 Å². The van der Waals surface area contributed by atoms with Crippen molar-refractivity contribution in [3.8, 4) is 0 Å². The third kappa shape index (κ3) is 2.38. The lowest BCUT2D eigenvalue weighted by molar-refractivity contribution is 0.0682. The summed E-state index contributed by atoms with van der Waals surface area (Å²) in [6, 6.07) is 4.45. The number of rotatable bonds is 1. The molecule has 3 aromatic rings. The van der Waals surface area contributed by atoms with E-state index in [1.54, 1.807) is 17.2 Å². The summed E-state index contributed by atoms with van der Waals surface area (Å²) in [5, 5.41) is 7.64. The Morgan fingerprint density at radius 2 is 2.21 bits per heavy atom. The SMILES string of the molecule is CC1(C)Cc2[nH]ncc2CN(C(=O)c2ccc(F)c3occc23)C1. The number of hydrogen-bond acceptors (Lipinski definition) is 3. The Kier molecular flexibility index (Phi) is 3.23. The van der Waals surface area contributed by atoms with Crippen molar-refractivity contribution >= 4 is 16.9 Å². The maximum Gasteiger partial charge on any atom is 0.254 e. The minimum Gasteiger partial charge on any atom is -0.461 e. The van der Waals surface area contributed by atoms with Crippen LogP contribution in [0.1, 0.15) is 35.5 Å². The van der Waals surface area contributed by atoms with E-state index >= 15 is 0 Å². The van der Waals surface area contributed by atoms with Crippen LogP contribution in [0, 0.1) is 11.2 Å². The molecule has 0 unspecified atom stereocenters. The Morgan fingerprint density at radius 1 is 1.38 bits per heavy atom. The molecule has 0 aliphatic carbocycles. The molecule has 0 fully saturated rings. The molecule has 24 heavy (non-hydrogen) atoms. The van der Waals surface area contributed by atoms with Gasteiger partial charge in [0.05, 0.1) is 18.0 Å². The fourth-order valence-electron chi connectivity index (χ4n) is 3.47. The Labute approximate surface area is 138 Å². The lowest BCUT2D eigenvalue weighted by Gasteiger charge is -2.29. The van der Waals surface area contributed by atoms with Crippen molar-refractivity contribution in [2.45, 2.75) is 26.8 Å². The Balaban J connectivity index is 1.76. The smallest absolute Gasteiger partial charge is 0.254 e. The van der Waals surface area contributed by atoms with Crippen molar-refractivity contribution in [2.24, 2.45) is 5.41 Å². The number of halogens is 1. The van der Waals surface area contributed by atoms with Crippen molar-refractivity contribution < 1.29 is 13.6 Å². The number of benzene rings is 1. The molecule has 1 N–H and O–H groups in total. The largest absolute Gasteiger partial charge is 0.461 e. The van der Waals surface area contributed by atoms with Gasteiger partial charge >= 0.3 is 0 Å². The standard InChI is InChI=1S/C18H18FN3O2/c1-18(2)7-15-11(8-20-21-15)9-22(10-18)17(23)13-3-4-14(19)16-12(13)5-6-24-16/h3-6,8H,7,9-10H2,1-2H3,(H,20,21). The first-order chi connectivity index (χ1) is 11.4. The molecule has 3 heterocycles. The third-order valence-corrected chi connectivity index (χ3v) is 4.53. The molecule has 4 rings (SSSR count). The number of carbonyl (C=O) groups excluding carboxylic acids is 1. The number of nitrogens with one attached hydrogen (secondary N) is 1. The van der Waals surface area contributed by atoms with Crippen molar-refractivity contribution in [2.75, 3.05) is 6.54 Å². The maximum absolute atomic E-state index is 13.8. The van der Waals surface area contributed by atoms with Gasteiger partial charge in [0, 0.05) is 29.7 Å². The van der Waals surface area contributed by atoms with Crippen LogP contribution in [0.5, 0.6) is 0 Å². The molecule has 124 valence electrons. The van der Waals surface area contributed by atoms with E-state index in [0.717, 1.165) is 17.7 Å². The summed E-state index contributed by atoms with van der Waals surface area (Å²) < 4.78 is 19.0. The Morgan fingerprint density at radius 3 is 3.04 bits per heavy atom. The van der Waals surface area contributed by atoms with Gasteiger partial charge in [0.1, 0.15) is 0 Å². The van der Waals surface area contributed by atoms with Gasteiger partial charge in [-0.2, -0.15) is 5.10 Å². The number of nitrogens with zero attached hydrogens (tertiary/aromatic N) is 2. The predicted octanol–water partition coefficient (Wildman–Crippen LogP) is 3.52. The van der Waals surface area contributed by atoms with Gasteiger partial charge in [-0.25, -0.2) is 4.39 Å². The van der Waals surface area contributed by atoms with Crippen LogP contribution in [-0.2, 0) is 13.0 Å². The first-order valence-corrected chi connectivity index (χ1v) is 7.91. The van der Waals surface area contributed by atoms with Crippen molar-refractivity contribution in [3.05, 3.63) is 53.3 Å². The van der Waals surface area contributed by atoms with Gasteiger partial charge in [-0.15, -0.1) is 0 Å². The van der Waals surface area contributed by atoms with Crippen LogP contribution in [-0.4, -0.2) is 27.5 Å². The molecule has 0 atom stereocenters. The molecule has 1 aromatic carbocycles. The third-order valence-electron chi connectivity index (χ3n) is 4.53. The number of aromatic nitrogens is 2. The minimum atomic E-state index is -0.458. The Hall–Kier alpha value is -2.63. The number of H-pyrrole nitrogens is 1. The van der Waals surface area contributed by atoms with Crippen LogP contribution in [0.3, 0.4) is 0 Å². The van der Waals surface area contributed by atoms with Crippen LogP contribution in [0.15, 0.2) is 35.1 Å². The molecule has 2 aromatic heterocycles. The van der Waals surface area contributed by atoms with Crippen molar-refractivity contribution in [3.63, 3.8) is 0 Å². The highest BCUT2D eigenvalue weighted by Crippen LogP contribution is 2.31. The highest BCUT2D eigenvalue weighted by molar-refractivity contribution is 6.06. The molecule has 1 aliphatic heterocycles. The quantitative estimate of drug-likeness (QED) is 0.744. The molecule has 6 heteroatoms. The van der Waals surface area contributed by atoms with Crippen LogP contribution >= 0.6 is 0 Å². The van der Waals surface area contributed by atoms with Gasteiger partial charge in [0.15, 0.2) is 11.4 Å². The average molecular weight is 327 g/mol. The number of amides is 1. The lowest BCUT2D eigenvalue weighted by Crippen LogP contribution is -2.37. The van der Waals surface area contributed by atoms with Crippen LogP contribution < -0.4 is 0 Å². The van der Waals surface area contributed by atoms with Gasteiger partial charge in [-0.1, -0.05) is 13.8 Å². The lowest BCUT2D eigenvalue weighted by atomic mass is 9.87. The molecule has 0 spiro atoms. The molecule has 0 saturated carbocycles. The number of furan rings is 1. The number of fused-ring (bicyclic) bond motifs is 2. The van der Waals surface area contributed by atoms with Crippen LogP contribution in [0.25, 0.3) is 11.0 Å². The van der Waals surface area contributed by atoms with Gasteiger partial charge in [0.2, 0.25) is 0 Å². The van der Waals surface area contributed by atoms with Crippen molar-refractivity contribution in [1.82, 2.24) is 15.1 Å². The average Bonchev–Trinajstić information content (AvgIpc) is 3.14. The van der Waals surface area contributed by atoms with E-state index in [-0.39, 0.29) is 16.9 Å². The molecule has 0 radical (unpaired) electrons. The highest BCUT2D eigenvalue weighted by atomic mass is 19.1. The number of carbonyl (C=O) groups is 1. The van der Waals surface area contributed by atoms with E-state index in [0.29, 0.717) is 24.0 Å². The van der Waals surface area contributed by atoms with E-state index < -0.39 is 5.82 Å². The topological polar surface area (TPSA) is 62.1 Å². The summed E-state index contributed by atoms with van der Waals surface area (Å²) >= 11 is 0. The molecule has 0 saturated heterocycles. The summed E-state index contributed by atoms with van der Waals surface area (Å²) in [6.07, 6.45) is 4.01. The molecule has 5 nitrogen and oxygen atoms in total. The monoisotopic (exact) mass is 327 g/mol.